The van der Waals surface area contributed by atoms with Gasteiger partial charge in [0.15, 0.2) is 0 Å². The first-order valence-electron chi connectivity index (χ1n) is 8.01. The first kappa shape index (κ1) is 16.0. The molecule has 21 heavy (non-hydrogen) atoms. The van der Waals surface area contributed by atoms with Gasteiger partial charge in [-0.3, -0.25) is 4.79 Å². The molecule has 0 amide bonds. The van der Waals surface area contributed by atoms with E-state index in [2.05, 4.69) is 0 Å². The molecule has 1 saturated carbocycles. The summed E-state index contributed by atoms with van der Waals surface area (Å²) in [6.07, 6.45) is 6.01. The number of benzene rings is 1. The van der Waals surface area contributed by atoms with Gasteiger partial charge in [0.25, 0.3) is 0 Å². The summed E-state index contributed by atoms with van der Waals surface area (Å²) in [5, 5.41) is 19.6. The van der Waals surface area contributed by atoms with Crippen molar-refractivity contribution in [3.8, 4) is 0 Å². The normalized spacial score (nSPS) is 18.6. The fourth-order valence-corrected chi connectivity index (χ4v) is 3.34. The van der Waals surface area contributed by atoms with E-state index in [4.69, 9.17) is 0 Å². The van der Waals surface area contributed by atoms with Crippen LogP contribution in [0.25, 0.3) is 0 Å². The number of carbonyl (C=O) groups is 1. The lowest BCUT2D eigenvalue weighted by molar-refractivity contribution is -0.142. The quantitative estimate of drug-likeness (QED) is 0.807. The second-order valence-corrected chi connectivity index (χ2v) is 6.50. The lowest BCUT2D eigenvalue weighted by atomic mass is 9.89. The fraction of sp³-hybridized carbons (Fsp3) is 0.611. The van der Waals surface area contributed by atoms with Crippen LogP contribution >= 0.6 is 0 Å². The Morgan fingerprint density at radius 2 is 1.86 bits per heavy atom. The van der Waals surface area contributed by atoms with E-state index in [9.17, 15) is 15.0 Å². The molecule has 116 valence electrons. The van der Waals surface area contributed by atoms with Crippen molar-refractivity contribution in [3.05, 3.63) is 35.4 Å². The van der Waals surface area contributed by atoms with E-state index < -0.39 is 18.0 Å². The van der Waals surface area contributed by atoms with Crippen molar-refractivity contribution >= 4 is 5.97 Å². The molecule has 3 heteroatoms. The second-order valence-electron chi connectivity index (χ2n) is 6.50. The van der Waals surface area contributed by atoms with Crippen LogP contribution in [-0.4, -0.2) is 22.3 Å². The zero-order chi connectivity index (χ0) is 15.2. The van der Waals surface area contributed by atoms with Gasteiger partial charge in [-0.25, -0.2) is 0 Å². The largest absolute Gasteiger partial charge is 0.481 e. The van der Waals surface area contributed by atoms with Crippen LogP contribution < -0.4 is 0 Å². The molecule has 0 radical (unpaired) electrons. The number of hydrogen-bond donors (Lipinski definition) is 2. The minimum atomic E-state index is -0.805. The smallest absolute Gasteiger partial charge is 0.306 e. The number of hydrogen-bond acceptors (Lipinski definition) is 2. The van der Waals surface area contributed by atoms with Gasteiger partial charge < -0.3 is 10.2 Å². The molecule has 0 aromatic heterocycles. The Morgan fingerprint density at radius 3 is 2.43 bits per heavy atom. The van der Waals surface area contributed by atoms with Crippen LogP contribution in [0, 0.1) is 18.8 Å². The van der Waals surface area contributed by atoms with Gasteiger partial charge >= 0.3 is 5.97 Å². The molecule has 3 nitrogen and oxygen atoms in total. The summed E-state index contributed by atoms with van der Waals surface area (Å²) in [6.45, 7) is 2.02. The highest BCUT2D eigenvalue weighted by Gasteiger charge is 2.25. The molecule has 1 fully saturated rings. The van der Waals surface area contributed by atoms with Crippen molar-refractivity contribution in [1.82, 2.24) is 0 Å². The van der Waals surface area contributed by atoms with Crippen molar-refractivity contribution < 1.29 is 15.0 Å². The highest BCUT2D eigenvalue weighted by molar-refractivity contribution is 5.70. The highest BCUT2D eigenvalue weighted by Crippen LogP contribution is 2.30. The Kier molecular flexibility index (Phi) is 5.80. The third-order valence-electron chi connectivity index (χ3n) is 4.59. The Balaban J connectivity index is 1.88. The van der Waals surface area contributed by atoms with Gasteiger partial charge in [-0.2, -0.15) is 0 Å². The Hall–Kier alpha value is -1.35. The van der Waals surface area contributed by atoms with Gasteiger partial charge in [0, 0.05) is 0 Å². The maximum Gasteiger partial charge on any atom is 0.306 e. The van der Waals surface area contributed by atoms with E-state index in [0.717, 1.165) is 12.0 Å². The van der Waals surface area contributed by atoms with Crippen LogP contribution in [0.1, 0.15) is 49.7 Å². The Morgan fingerprint density at radius 1 is 1.24 bits per heavy atom. The van der Waals surface area contributed by atoms with E-state index >= 15 is 0 Å². The minimum Gasteiger partial charge on any atom is -0.481 e. The molecule has 0 spiro atoms. The molecule has 2 atom stereocenters. The summed E-state index contributed by atoms with van der Waals surface area (Å²) >= 11 is 0. The molecule has 0 bridgehead atoms. The maximum atomic E-state index is 11.4. The van der Waals surface area contributed by atoms with Crippen LogP contribution in [0.15, 0.2) is 24.3 Å². The fourth-order valence-electron chi connectivity index (χ4n) is 3.34. The Labute approximate surface area is 127 Å². The summed E-state index contributed by atoms with van der Waals surface area (Å²) < 4.78 is 0. The number of carboxylic acid groups (broad SMARTS) is 1. The molecule has 1 aromatic carbocycles. The molecule has 1 aliphatic carbocycles. The van der Waals surface area contributed by atoms with Crippen molar-refractivity contribution in [3.63, 3.8) is 0 Å². The van der Waals surface area contributed by atoms with Gasteiger partial charge in [-0.1, -0.05) is 55.5 Å². The predicted molar refractivity (Wildman–Crippen MR) is 83.2 cm³/mol. The lowest BCUT2D eigenvalue weighted by Crippen LogP contribution is -2.24. The summed E-state index contributed by atoms with van der Waals surface area (Å²) in [5.41, 5.74) is 2.20. The van der Waals surface area contributed by atoms with Gasteiger partial charge in [0.1, 0.15) is 0 Å². The van der Waals surface area contributed by atoms with Crippen molar-refractivity contribution in [2.24, 2.45) is 11.8 Å². The number of aliphatic carboxylic acids is 1. The molecular weight excluding hydrogens is 264 g/mol. The first-order chi connectivity index (χ1) is 10.0. The molecule has 1 aromatic rings. The average molecular weight is 290 g/mol. The topological polar surface area (TPSA) is 57.5 Å². The van der Waals surface area contributed by atoms with E-state index in [-0.39, 0.29) is 0 Å². The molecule has 2 rings (SSSR count). The predicted octanol–water partition coefficient (Wildman–Crippen LogP) is 3.57. The minimum absolute atomic E-state index is 0.361. The van der Waals surface area contributed by atoms with Gasteiger partial charge in [-0.15, -0.1) is 0 Å². The van der Waals surface area contributed by atoms with Crippen LogP contribution in [0.3, 0.4) is 0 Å². The first-order valence-corrected chi connectivity index (χ1v) is 8.01. The van der Waals surface area contributed by atoms with Crippen molar-refractivity contribution in [2.45, 2.75) is 58.0 Å². The van der Waals surface area contributed by atoms with E-state index in [1.165, 1.54) is 31.2 Å². The summed E-state index contributed by atoms with van der Waals surface area (Å²) in [5.74, 6) is -0.709. The summed E-state index contributed by atoms with van der Waals surface area (Å²) in [4.78, 5) is 11.4. The number of carboxylic acids is 1. The molecule has 0 aliphatic heterocycles. The van der Waals surface area contributed by atoms with Crippen molar-refractivity contribution in [1.29, 1.82) is 0 Å². The number of rotatable bonds is 7. The molecule has 1 aliphatic rings. The number of aliphatic hydroxyl groups excluding tert-OH is 1. The molecular formula is C18H26O3. The van der Waals surface area contributed by atoms with Crippen LogP contribution in [-0.2, 0) is 11.2 Å². The monoisotopic (exact) mass is 290 g/mol. The van der Waals surface area contributed by atoms with Gasteiger partial charge in [0.2, 0.25) is 0 Å². The second kappa shape index (κ2) is 7.60. The lowest BCUT2D eigenvalue weighted by Gasteiger charge is -2.19. The van der Waals surface area contributed by atoms with Crippen LogP contribution in [0.4, 0.5) is 0 Å². The molecule has 0 heterocycles. The van der Waals surface area contributed by atoms with Crippen LogP contribution in [0.5, 0.6) is 0 Å². The Bertz CT molecular complexity index is 446. The van der Waals surface area contributed by atoms with Crippen molar-refractivity contribution in [2.75, 3.05) is 0 Å². The third kappa shape index (κ3) is 5.16. The molecule has 2 N–H and O–H groups in total. The maximum absolute atomic E-state index is 11.4. The average Bonchev–Trinajstić information content (AvgIpc) is 2.93. The zero-order valence-electron chi connectivity index (χ0n) is 12.8. The van der Waals surface area contributed by atoms with E-state index in [1.807, 2.05) is 31.2 Å². The summed E-state index contributed by atoms with van der Waals surface area (Å²) in [6, 6.07) is 7.97. The summed E-state index contributed by atoms with van der Waals surface area (Å²) in [7, 11) is 0. The van der Waals surface area contributed by atoms with Gasteiger partial charge in [-0.05, 0) is 37.7 Å². The number of aliphatic hydroxyl groups is 1. The number of aryl methyl sites for hydroxylation is 1. The SMILES string of the molecule is Cc1ccc(CC(CC(O)CC2CCCC2)C(=O)O)cc1. The third-order valence-corrected chi connectivity index (χ3v) is 4.59. The van der Waals surface area contributed by atoms with E-state index in [0.29, 0.717) is 18.8 Å². The molecule has 2 unspecified atom stereocenters. The highest BCUT2D eigenvalue weighted by atomic mass is 16.4. The zero-order valence-corrected chi connectivity index (χ0v) is 12.8. The van der Waals surface area contributed by atoms with E-state index in [1.54, 1.807) is 0 Å². The molecule has 0 saturated heterocycles. The van der Waals surface area contributed by atoms with Crippen LogP contribution in [0.2, 0.25) is 0 Å². The van der Waals surface area contributed by atoms with Gasteiger partial charge in [0.05, 0.1) is 12.0 Å². The standard InChI is InChI=1S/C18H26O3/c1-13-6-8-15(9-7-13)10-16(18(20)21)12-17(19)11-14-4-2-3-5-14/h6-9,14,16-17,19H,2-5,10-12H2,1H3,(H,20,21).